The molecule has 6 rings (SSSR count). The van der Waals surface area contributed by atoms with Crippen molar-refractivity contribution in [2.75, 3.05) is 31.7 Å². The van der Waals surface area contributed by atoms with Gasteiger partial charge in [0.25, 0.3) is 5.56 Å². The van der Waals surface area contributed by atoms with E-state index in [1.54, 1.807) is 12.1 Å². The van der Waals surface area contributed by atoms with E-state index in [0.29, 0.717) is 12.5 Å². The Balaban J connectivity index is 1.29. The van der Waals surface area contributed by atoms with Gasteiger partial charge in [-0.3, -0.25) is 14.5 Å². The molecule has 2 aromatic carbocycles. The summed E-state index contributed by atoms with van der Waals surface area (Å²) >= 11 is 0. The minimum Gasteiger partial charge on any atom is -0.396 e. The molecule has 4 heterocycles. The summed E-state index contributed by atoms with van der Waals surface area (Å²) in [6.45, 7) is 2.65. The number of hydrogen-bond donors (Lipinski definition) is 2. The van der Waals surface area contributed by atoms with Crippen LogP contribution in [0, 0.1) is 17.8 Å². The molecule has 37 heavy (non-hydrogen) atoms. The molecule has 192 valence electrons. The SMILES string of the molecule is O=C(Nc1ccc(-c2ccccc2)cc1)[C@H]1[C@H](CO)[C@H]2Cn3c(cccc3=O)[C@H]2N1CC1CCOCC1. The highest BCUT2D eigenvalue weighted by Crippen LogP contribution is 2.49. The molecule has 0 unspecified atom stereocenters. The molecule has 2 N–H and O–H groups in total. The summed E-state index contributed by atoms with van der Waals surface area (Å²) in [4.78, 5) is 28.7. The molecule has 0 bridgehead atoms. The van der Waals surface area contributed by atoms with Gasteiger partial charge < -0.3 is 19.7 Å². The number of benzene rings is 2. The first-order chi connectivity index (χ1) is 18.1. The second-order valence-electron chi connectivity index (χ2n) is 10.5. The van der Waals surface area contributed by atoms with Gasteiger partial charge in [-0.2, -0.15) is 0 Å². The molecular formula is C30H33N3O4. The number of nitrogens with zero attached hydrogens (tertiary/aromatic N) is 2. The van der Waals surface area contributed by atoms with Crippen molar-refractivity contribution < 1.29 is 14.6 Å². The van der Waals surface area contributed by atoms with Gasteiger partial charge in [-0.15, -0.1) is 0 Å². The number of amides is 1. The number of likely N-dealkylation sites (tertiary alicyclic amines) is 1. The van der Waals surface area contributed by atoms with E-state index in [1.165, 1.54) is 0 Å². The zero-order chi connectivity index (χ0) is 25.4. The number of anilines is 1. The second kappa shape index (κ2) is 10.2. The molecular weight excluding hydrogens is 466 g/mol. The Kier molecular flexibility index (Phi) is 6.67. The lowest BCUT2D eigenvalue weighted by Gasteiger charge is -2.35. The highest BCUT2D eigenvalue weighted by atomic mass is 16.5. The molecule has 7 heteroatoms. The van der Waals surface area contributed by atoms with Crippen molar-refractivity contribution >= 4 is 11.6 Å². The Bertz CT molecular complexity index is 1300. The lowest BCUT2D eigenvalue weighted by molar-refractivity contribution is -0.123. The summed E-state index contributed by atoms with van der Waals surface area (Å²) < 4.78 is 7.40. The average Bonchev–Trinajstić information content (AvgIpc) is 3.46. The monoisotopic (exact) mass is 499 g/mol. The summed E-state index contributed by atoms with van der Waals surface area (Å²) in [7, 11) is 0. The van der Waals surface area contributed by atoms with Crippen LogP contribution in [-0.4, -0.2) is 52.9 Å². The predicted octanol–water partition coefficient (Wildman–Crippen LogP) is 3.54. The number of hydrogen-bond acceptors (Lipinski definition) is 5. The van der Waals surface area contributed by atoms with E-state index in [-0.39, 0.29) is 36.0 Å². The van der Waals surface area contributed by atoms with E-state index < -0.39 is 6.04 Å². The van der Waals surface area contributed by atoms with Crippen LogP contribution >= 0.6 is 0 Å². The van der Waals surface area contributed by atoms with E-state index in [1.807, 2.05) is 53.1 Å². The molecule has 3 aliphatic heterocycles. The highest BCUT2D eigenvalue weighted by Gasteiger charge is 2.55. The van der Waals surface area contributed by atoms with Gasteiger partial charge in [0.15, 0.2) is 0 Å². The van der Waals surface area contributed by atoms with Crippen molar-refractivity contribution in [1.82, 2.24) is 9.47 Å². The number of aromatic nitrogens is 1. The van der Waals surface area contributed by atoms with Crippen molar-refractivity contribution in [2.24, 2.45) is 17.8 Å². The van der Waals surface area contributed by atoms with Gasteiger partial charge in [0.1, 0.15) is 0 Å². The number of carbonyl (C=O) groups is 1. The minimum atomic E-state index is -0.472. The van der Waals surface area contributed by atoms with Gasteiger partial charge in [-0.05, 0) is 48.1 Å². The lowest BCUT2D eigenvalue weighted by Crippen LogP contribution is -2.47. The van der Waals surface area contributed by atoms with Gasteiger partial charge in [-0.25, -0.2) is 0 Å². The Hall–Kier alpha value is -3.26. The Labute approximate surface area is 216 Å². The number of carbonyl (C=O) groups excluding carboxylic acids is 1. The molecule has 7 nitrogen and oxygen atoms in total. The molecule has 4 atom stereocenters. The quantitative estimate of drug-likeness (QED) is 0.542. The van der Waals surface area contributed by atoms with Gasteiger partial charge in [0.05, 0.1) is 12.1 Å². The zero-order valence-electron chi connectivity index (χ0n) is 20.8. The fourth-order valence-electron chi connectivity index (χ4n) is 6.59. The molecule has 3 aliphatic rings. The van der Waals surface area contributed by atoms with Gasteiger partial charge >= 0.3 is 0 Å². The Morgan fingerprint density at radius 2 is 1.68 bits per heavy atom. The van der Waals surface area contributed by atoms with E-state index in [9.17, 15) is 14.7 Å². The molecule has 1 aromatic heterocycles. The molecule has 0 radical (unpaired) electrons. The Morgan fingerprint density at radius 1 is 0.946 bits per heavy atom. The van der Waals surface area contributed by atoms with Crippen molar-refractivity contribution in [3.8, 4) is 11.1 Å². The third kappa shape index (κ3) is 4.52. The first-order valence-corrected chi connectivity index (χ1v) is 13.2. The molecule has 0 spiro atoms. The number of fused-ring (bicyclic) bond motifs is 3. The first kappa shape index (κ1) is 24.1. The third-order valence-electron chi connectivity index (χ3n) is 8.40. The molecule has 0 aliphatic carbocycles. The van der Waals surface area contributed by atoms with Gasteiger partial charge in [0, 0.05) is 62.2 Å². The molecule has 3 aromatic rings. The molecule has 2 saturated heterocycles. The van der Waals surface area contributed by atoms with Crippen LogP contribution in [0.15, 0.2) is 77.6 Å². The fraction of sp³-hybridized carbons (Fsp3) is 0.400. The second-order valence-corrected chi connectivity index (χ2v) is 10.5. The summed E-state index contributed by atoms with van der Waals surface area (Å²) in [6, 6.07) is 22.9. The largest absolute Gasteiger partial charge is 0.396 e. The maximum atomic E-state index is 13.8. The van der Waals surface area contributed by atoms with Gasteiger partial charge in [0.2, 0.25) is 5.91 Å². The van der Waals surface area contributed by atoms with Crippen LogP contribution in [0.5, 0.6) is 0 Å². The maximum Gasteiger partial charge on any atom is 0.250 e. The smallest absolute Gasteiger partial charge is 0.250 e. The number of rotatable bonds is 6. The van der Waals surface area contributed by atoms with Crippen LogP contribution in [0.25, 0.3) is 11.1 Å². The molecule has 2 fully saturated rings. The number of nitrogens with one attached hydrogen (secondary N) is 1. The van der Waals surface area contributed by atoms with Gasteiger partial charge in [-0.1, -0.05) is 48.5 Å². The topological polar surface area (TPSA) is 83.8 Å². The van der Waals surface area contributed by atoms with Crippen molar-refractivity contribution in [1.29, 1.82) is 0 Å². The number of ether oxygens (including phenoxy) is 1. The van der Waals surface area contributed by atoms with Crippen LogP contribution in [-0.2, 0) is 16.1 Å². The van der Waals surface area contributed by atoms with E-state index in [4.69, 9.17) is 4.74 Å². The normalized spacial score (nSPS) is 25.5. The molecule has 0 saturated carbocycles. The summed E-state index contributed by atoms with van der Waals surface area (Å²) in [6.07, 6.45) is 1.91. The third-order valence-corrected chi connectivity index (χ3v) is 8.40. The summed E-state index contributed by atoms with van der Waals surface area (Å²) in [5.41, 5.74) is 3.88. The van der Waals surface area contributed by atoms with Crippen LogP contribution in [0.2, 0.25) is 0 Å². The molecule has 1 amide bonds. The van der Waals surface area contributed by atoms with Crippen LogP contribution in [0.1, 0.15) is 24.6 Å². The Morgan fingerprint density at radius 3 is 2.41 bits per heavy atom. The number of pyridine rings is 1. The first-order valence-electron chi connectivity index (χ1n) is 13.2. The summed E-state index contributed by atoms with van der Waals surface area (Å²) in [5, 5.41) is 13.7. The fourth-order valence-corrected chi connectivity index (χ4v) is 6.59. The minimum absolute atomic E-state index is 0.0103. The lowest BCUT2D eigenvalue weighted by atomic mass is 9.88. The van der Waals surface area contributed by atoms with Crippen LogP contribution in [0.4, 0.5) is 5.69 Å². The number of aliphatic hydroxyl groups is 1. The highest BCUT2D eigenvalue weighted by molar-refractivity contribution is 5.95. The zero-order valence-corrected chi connectivity index (χ0v) is 20.8. The number of aliphatic hydroxyl groups excluding tert-OH is 1. The maximum absolute atomic E-state index is 13.8. The van der Waals surface area contributed by atoms with Crippen LogP contribution in [0.3, 0.4) is 0 Å². The average molecular weight is 500 g/mol. The van der Waals surface area contributed by atoms with E-state index in [0.717, 1.165) is 55.1 Å². The standard InChI is InChI=1S/C30H33N3O4/c34-19-25-24-18-32-26(7-4-8-27(32)35)28(24)33(17-20-13-15-37-16-14-20)29(25)30(36)31-23-11-9-22(10-12-23)21-5-2-1-3-6-21/h1-12,20,24-25,28-29,34H,13-19H2,(H,31,36)/t24-,25-,28+,29-/m1/s1. The predicted molar refractivity (Wildman–Crippen MR) is 142 cm³/mol. The van der Waals surface area contributed by atoms with Crippen LogP contribution < -0.4 is 10.9 Å². The van der Waals surface area contributed by atoms with E-state index >= 15 is 0 Å². The van der Waals surface area contributed by atoms with Crippen molar-refractivity contribution in [3.63, 3.8) is 0 Å². The van der Waals surface area contributed by atoms with Crippen molar-refractivity contribution in [3.05, 3.63) is 88.8 Å². The van der Waals surface area contributed by atoms with E-state index in [2.05, 4.69) is 22.3 Å². The van der Waals surface area contributed by atoms with Crippen molar-refractivity contribution in [2.45, 2.75) is 31.5 Å². The summed E-state index contributed by atoms with van der Waals surface area (Å²) in [5.74, 6) is 0.0680.